The average Bonchev–Trinajstić information content (AvgIpc) is 2.51. The number of nitrogens with zero attached hydrogens (tertiary/aromatic N) is 3. The van der Waals surface area contributed by atoms with E-state index in [-0.39, 0.29) is 5.56 Å². The molecule has 0 saturated carbocycles. The molecular weight excluding hydrogens is 249 g/mol. The van der Waals surface area contributed by atoms with Gasteiger partial charge in [-0.15, -0.1) is 0 Å². The first-order valence-electron chi connectivity index (χ1n) is 6.32. The van der Waals surface area contributed by atoms with Crippen LogP contribution in [0.3, 0.4) is 0 Å². The second kappa shape index (κ2) is 5.13. The summed E-state index contributed by atoms with van der Waals surface area (Å²) in [6.45, 7) is 0. The highest BCUT2D eigenvalue weighted by atomic mass is 16.1. The first-order chi connectivity index (χ1) is 9.75. The summed E-state index contributed by atoms with van der Waals surface area (Å²) in [5, 5.41) is 0. The smallest absolute Gasteiger partial charge is 0.249 e. The Labute approximate surface area is 117 Å². The summed E-state index contributed by atoms with van der Waals surface area (Å²) >= 11 is 0. The Kier molecular flexibility index (Phi) is 3.17. The van der Waals surface area contributed by atoms with Crippen LogP contribution in [0, 0.1) is 0 Å². The minimum Gasteiger partial charge on any atom is -0.270 e. The minimum absolute atomic E-state index is 0.0663. The second-order valence-electron chi connectivity index (χ2n) is 4.49. The fourth-order valence-electron chi connectivity index (χ4n) is 2.06. The maximum Gasteiger partial charge on any atom is 0.249 e. The molecule has 20 heavy (non-hydrogen) atoms. The van der Waals surface area contributed by atoms with Gasteiger partial charge in [0.1, 0.15) is 13.7 Å². The Morgan fingerprint density at radius 3 is 2.40 bits per heavy atom. The molecule has 3 aromatic heterocycles. The maximum absolute atomic E-state index is 12.3. The summed E-state index contributed by atoms with van der Waals surface area (Å²) in [7, 11) is 1.80. The van der Waals surface area contributed by atoms with Crippen LogP contribution < -0.4 is 11.0 Å². The maximum atomic E-state index is 12.3. The zero-order valence-electron chi connectivity index (χ0n) is 11.0. The lowest BCUT2D eigenvalue weighted by Crippen LogP contribution is -2.33. The molecule has 4 nitrogen and oxygen atoms in total. The Morgan fingerprint density at radius 2 is 1.75 bits per heavy atom. The molecule has 0 saturated heterocycles. The number of hydrogen-bond acceptors (Lipinski definition) is 3. The molecule has 3 aromatic rings. The van der Waals surface area contributed by atoms with Crippen molar-refractivity contribution in [1.29, 1.82) is 0 Å². The Morgan fingerprint density at radius 1 is 1.00 bits per heavy atom. The van der Waals surface area contributed by atoms with E-state index in [0.29, 0.717) is 11.3 Å². The molecule has 0 bridgehead atoms. The minimum atomic E-state index is -0.0663. The van der Waals surface area contributed by atoms with Gasteiger partial charge in [0.05, 0.1) is 5.69 Å². The van der Waals surface area contributed by atoms with Gasteiger partial charge in [-0.3, -0.25) is 14.3 Å². The largest absolute Gasteiger partial charge is 0.270 e. The zero-order chi connectivity index (χ0) is 13.9. The third kappa shape index (κ3) is 2.25. The fraction of sp³-hybridized carbons (Fsp3) is 0. The lowest BCUT2D eigenvalue weighted by atomic mass is 9.95. The van der Waals surface area contributed by atoms with Crippen LogP contribution in [-0.2, 0) is 0 Å². The van der Waals surface area contributed by atoms with Crippen molar-refractivity contribution in [1.82, 2.24) is 14.5 Å². The van der Waals surface area contributed by atoms with Crippen LogP contribution in [0.2, 0.25) is 0 Å². The van der Waals surface area contributed by atoms with Crippen LogP contribution in [0.4, 0.5) is 0 Å². The van der Waals surface area contributed by atoms with Crippen LogP contribution >= 0.6 is 0 Å². The van der Waals surface area contributed by atoms with Gasteiger partial charge in [0.15, 0.2) is 0 Å². The van der Waals surface area contributed by atoms with Crippen molar-refractivity contribution >= 4 is 13.3 Å². The molecule has 0 aromatic carbocycles. The summed E-state index contributed by atoms with van der Waals surface area (Å²) in [6, 6.07) is 13.1. The number of rotatable bonds is 2. The lowest BCUT2D eigenvalue weighted by molar-refractivity contribution is 0.950. The molecule has 0 aliphatic carbocycles. The monoisotopic (exact) mass is 261 g/mol. The summed E-state index contributed by atoms with van der Waals surface area (Å²) in [6.07, 6.45) is 5.19. The first-order valence-corrected chi connectivity index (χ1v) is 6.32. The Hall–Kier alpha value is -2.69. The molecule has 0 N–H and O–H groups in total. The van der Waals surface area contributed by atoms with Crippen LogP contribution in [0.1, 0.15) is 0 Å². The van der Waals surface area contributed by atoms with Gasteiger partial charge < -0.3 is 0 Å². The van der Waals surface area contributed by atoms with Crippen molar-refractivity contribution in [2.75, 3.05) is 0 Å². The van der Waals surface area contributed by atoms with E-state index in [1.54, 1.807) is 31.0 Å². The number of hydrogen-bond donors (Lipinski definition) is 0. The van der Waals surface area contributed by atoms with E-state index in [0.717, 1.165) is 11.3 Å². The fourth-order valence-corrected chi connectivity index (χ4v) is 2.06. The quantitative estimate of drug-likeness (QED) is 0.633. The summed E-state index contributed by atoms with van der Waals surface area (Å²) in [5.74, 6) is 0.610. The van der Waals surface area contributed by atoms with Gasteiger partial charge in [0.2, 0.25) is 5.56 Å². The van der Waals surface area contributed by atoms with E-state index in [2.05, 4.69) is 9.97 Å². The van der Waals surface area contributed by atoms with E-state index in [9.17, 15) is 4.79 Å². The van der Waals surface area contributed by atoms with Crippen molar-refractivity contribution in [2.24, 2.45) is 0 Å². The van der Waals surface area contributed by atoms with Gasteiger partial charge in [0, 0.05) is 24.2 Å². The zero-order valence-corrected chi connectivity index (χ0v) is 11.0. The third-order valence-electron chi connectivity index (χ3n) is 3.05. The lowest BCUT2D eigenvalue weighted by Gasteiger charge is -2.09. The van der Waals surface area contributed by atoms with Gasteiger partial charge in [-0.1, -0.05) is 18.2 Å². The van der Waals surface area contributed by atoms with Crippen LogP contribution in [0.25, 0.3) is 17.1 Å². The molecular formula is C15H12BN3O. The topological polar surface area (TPSA) is 47.8 Å². The van der Waals surface area contributed by atoms with Gasteiger partial charge in [-0.25, -0.2) is 4.98 Å². The van der Waals surface area contributed by atoms with Crippen molar-refractivity contribution in [3.63, 3.8) is 0 Å². The molecule has 0 aliphatic rings. The Bertz CT molecular complexity index is 785. The summed E-state index contributed by atoms with van der Waals surface area (Å²) < 4.78 is 1.55. The molecule has 3 heterocycles. The van der Waals surface area contributed by atoms with Crippen molar-refractivity contribution in [3.05, 3.63) is 71.4 Å². The highest BCUT2D eigenvalue weighted by Gasteiger charge is 2.07. The van der Waals surface area contributed by atoms with Crippen molar-refractivity contribution < 1.29 is 0 Å². The average molecular weight is 261 g/mol. The summed E-state index contributed by atoms with van der Waals surface area (Å²) in [5.41, 5.74) is 2.33. The molecule has 5 heteroatoms. The van der Waals surface area contributed by atoms with Gasteiger partial charge in [0.25, 0.3) is 0 Å². The van der Waals surface area contributed by atoms with Gasteiger partial charge in [-0.05, 0) is 29.7 Å². The number of aromatic nitrogens is 3. The van der Waals surface area contributed by atoms with Crippen LogP contribution in [0.15, 0.2) is 65.8 Å². The normalized spacial score (nSPS) is 10.4. The van der Waals surface area contributed by atoms with Crippen LogP contribution in [-0.4, -0.2) is 22.4 Å². The predicted octanol–water partition coefficient (Wildman–Crippen LogP) is 0.553. The third-order valence-corrected chi connectivity index (χ3v) is 3.05. The first kappa shape index (κ1) is 12.4. The van der Waals surface area contributed by atoms with E-state index < -0.39 is 0 Å². The molecule has 3 rings (SSSR count). The predicted molar refractivity (Wildman–Crippen MR) is 81.2 cm³/mol. The van der Waals surface area contributed by atoms with Gasteiger partial charge in [-0.2, -0.15) is 0 Å². The summed E-state index contributed by atoms with van der Waals surface area (Å²) in [4.78, 5) is 20.8. The second-order valence-corrected chi connectivity index (χ2v) is 4.49. The highest BCUT2D eigenvalue weighted by Crippen LogP contribution is 2.14. The Balaban J connectivity index is 2.22. The molecule has 0 atom stereocenters. The molecule has 0 fully saturated rings. The van der Waals surface area contributed by atoms with E-state index in [1.165, 1.54) is 0 Å². The molecule has 0 amide bonds. The molecule has 0 unspecified atom stereocenters. The highest BCUT2D eigenvalue weighted by molar-refractivity contribution is 6.32. The van der Waals surface area contributed by atoms with Crippen molar-refractivity contribution in [3.8, 4) is 17.1 Å². The van der Waals surface area contributed by atoms with E-state index in [1.807, 2.05) is 42.5 Å². The van der Waals surface area contributed by atoms with Crippen molar-refractivity contribution in [2.45, 2.75) is 0 Å². The molecule has 0 radical (unpaired) electrons. The standard InChI is InChI=1S/C15H12BN3O/c16-12-9-11(13-5-1-3-7-17-13)10-19(15(12)20)14-6-2-4-8-18-14/h1-10H,16H2. The van der Waals surface area contributed by atoms with Crippen LogP contribution in [0.5, 0.6) is 0 Å². The van der Waals surface area contributed by atoms with Gasteiger partial charge >= 0.3 is 0 Å². The SMILES string of the molecule is Bc1cc(-c2ccccn2)cn(-c2ccccn2)c1=O. The van der Waals surface area contributed by atoms with E-state index in [4.69, 9.17) is 0 Å². The number of pyridine rings is 3. The molecule has 96 valence electrons. The molecule has 0 spiro atoms. The van der Waals surface area contributed by atoms with E-state index >= 15 is 0 Å². The molecule has 0 aliphatic heterocycles.